The predicted octanol–water partition coefficient (Wildman–Crippen LogP) is 6.29. The number of ether oxygens (including phenoxy) is 1. The van der Waals surface area contributed by atoms with E-state index in [2.05, 4.69) is 67.2 Å². The Kier molecular flexibility index (Phi) is 5.50. The van der Waals surface area contributed by atoms with Gasteiger partial charge in [-0.3, -0.25) is 0 Å². The Bertz CT molecular complexity index is 924. The van der Waals surface area contributed by atoms with Gasteiger partial charge in [0.1, 0.15) is 0 Å². The molecule has 0 radical (unpaired) electrons. The summed E-state index contributed by atoms with van der Waals surface area (Å²) in [4.78, 5) is 0. The molecular weight excluding hydrogens is 328 g/mol. The minimum atomic E-state index is 0.627. The number of benzene rings is 3. The molecule has 1 aliphatic carbocycles. The van der Waals surface area contributed by atoms with Crippen LogP contribution in [0.3, 0.4) is 0 Å². The van der Waals surface area contributed by atoms with Crippen molar-refractivity contribution in [2.24, 2.45) is 0 Å². The van der Waals surface area contributed by atoms with Crippen molar-refractivity contribution >= 4 is 0 Å². The smallest absolute Gasteiger partial charge is 0.0727 e. The standard InChI is InChI=1S/C26H26O/c1-2-9-22-17-16-21-13-8-15-24(21)26(22)25-14-7-6-12-23(25)19-27-18-20-10-4-3-5-11-20/h2-7,10-12,14,16-17H,1,8-9,13,15,18-19H2. The van der Waals surface area contributed by atoms with Crippen LogP contribution in [0.15, 0.2) is 79.4 Å². The summed E-state index contributed by atoms with van der Waals surface area (Å²) >= 11 is 0. The number of fused-ring (bicyclic) bond motifs is 1. The van der Waals surface area contributed by atoms with Gasteiger partial charge >= 0.3 is 0 Å². The Morgan fingerprint density at radius 2 is 1.63 bits per heavy atom. The van der Waals surface area contributed by atoms with Gasteiger partial charge in [-0.15, -0.1) is 6.58 Å². The maximum Gasteiger partial charge on any atom is 0.0727 e. The second-order valence-electron chi connectivity index (χ2n) is 7.22. The molecule has 0 spiro atoms. The Hall–Kier alpha value is -2.64. The highest BCUT2D eigenvalue weighted by atomic mass is 16.5. The summed E-state index contributed by atoms with van der Waals surface area (Å²) in [7, 11) is 0. The van der Waals surface area contributed by atoms with Crippen LogP contribution in [0.1, 0.15) is 34.2 Å². The second-order valence-corrected chi connectivity index (χ2v) is 7.22. The van der Waals surface area contributed by atoms with Crippen molar-refractivity contribution in [3.63, 3.8) is 0 Å². The van der Waals surface area contributed by atoms with Crippen LogP contribution < -0.4 is 0 Å². The summed E-state index contributed by atoms with van der Waals surface area (Å²) in [6.45, 7) is 5.23. The molecule has 3 aromatic rings. The topological polar surface area (TPSA) is 9.23 Å². The molecule has 0 unspecified atom stereocenters. The third-order valence-electron chi connectivity index (χ3n) is 5.39. The molecule has 0 N–H and O–H groups in total. The van der Waals surface area contributed by atoms with E-state index in [1.54, 1.807) is 0 Å². The van der Waals surface area contributed by atoms with Crippen LogP contribution in [0.25, 0.3) is 11.1 Å². The van der Waals surface area contributed by atoms with E-state index in [9.17, 15) is 0 Å². The zero-order chi connectivity index (χ0) is 18.5. The summed E-state index contributed by atoms with van der Waals surface area (Å²) in [6.07, 6.45) is 6.54. The fourth-order valence-corrected chi connectivity index (χ4v) is 4.12. The number of hydrogen-bond donors (Lipinski definition) is 0. The fraction of sp³-hybridized carbons (Fsp3) is 0.231. The molecule has 3 aromatic carbocycles. The molecule has 0 heterocycles. The molecule has 0 bridgehead atoms. The highest BCUT2D eigenvalue weighted by Crippen LogP contribution is 2.37. The van der Waals surface area contributed by atoms with Crippen molar-refractivity contribution in [3.8, 4) is 11.1 Å². The summed E-state index contributed by atoms with van der Waals surface area (Å²) in [5.41, 5.74) is 9.63. The van der Waals surface area contributed by atoms with E-state index < -0.39 is 0 Å². The van der Waals surface area contributed by atoms with Crippen molar-refractivity contribution in [1.29, 1.82) is 0 Å². The molecule has 0 aromatic heterocycles. The first-order chi connectivity index (χ1) is 13.4. The van der Waals surface area contributed by atoms with Crippen LogP contribution in [0.5, 0.6) is 0 Å². The van der Waals surface area contributed by atoms with Gasteiger partial charge in [0.25, 0.3) is 0 Å². The molecule has 0 atom stereocenters. The van der Waals surface area contributed by atoms with Gasteiger partial charge in [-0.05, 0) is 64.6 Å². The van der Waals surface area contributed by atoms with E-state index >= 15 is 0 Å². The van der Waals surface area contributed by atoms with Gasteiger partial charge in [0.15, 0.2) is 0 Å². The van der Waals surface area contributed by atoms with Crippen LogP contribution in [0, 0.1) is 0 Å². The lowest BCUT2D eigenvalue weighted by Crippen LogP contribution is -2.01. The Morgan fingerprint density at radius 1 is 0.815 bits per heavy atom. The number of hydrogen-bond acceptors (Lipinski definition) is 1. The lowest BCUT2D eigenvalue weighted by molar-refractivity contribution is 0.107. The highest BCUT2D eigenvalue weighted by Gasteiger charge is 2.20. The lowest BCUT2D eigenvalue weighted by atomic mass is 9.88. The Morgan fingerprint density at radius 3 is 2.48 bits per heavy atom. The third-order valence-corrected chi connectivity index (χ3v) is 5.39. The molecule has 27 heavy (non-hydrogen) atoms. The van der Waals surface area contributed by atoms with Crippen molar-refractivity contribution < 1.29 is 4.74 Å². The Balaban J connectivity index is 1.65. The van der Waals surface area contributed by atoms with Crippen LogP contribution in [-0.2, 0) is 37.2 Å². The van der Waals surface area contributed by atoms with Gasteiger partial charge in [0, 0.05) is 0 Å². The van der Waals surface area contributed by atoms with Gasteiger partial charge in [-0.25, -0.2) is 0 Å². The van der Waals surface area contributed by atoms with Crippen LogP contribution in [0.2, 0.25) is 0 Å². The first kappa shape index (κ1) is 17.8. The van der Waals surface area contributed by atoms with Crippen molar-refractivity contribution in [3.05, 3.63) is 107 Å². The molecule has 1 aliphatic rings. The minimum absolute atomic E-state index is 0.627. The molecule has 0 fully saturated rings. The SMILES string of the molecule is C=CCc1ccc2c(c1-c1ccccc1COCc1ccccc1)CCC2. The van der Waals surface area contributed by atoms with E-state index in [0.717, 1.165) is 6.42 Å². The second kappa shape index (κ2) is 8.37. The third kappa shape index (κ3) is 3.89. The largest absolute Gasteiger partial charge is 0.372 e. The zero-order valence-corrected chi connectivity index (χ0v) is 15.8. The molecule has 136 valence electrons. The number of allylic oxidation sites excluding steroid dienone is 1. The molecule has 0 aliphatic heterocycles. The Labute approximate surface area is 162 Å². The fourth-order valence-electron chi connectivity index (χ4n) is 4.12. The monoisotopic (exact) mass is 354 g/mol. The molecule has 1 nitrogen and oxygen atoms in total. The van der Waals surface area contributed by atoms with Crippen LogP contribution in [-0.4, -0.2) is 0 Å². The van der Waals surface area contributed by atoms with E-state index in [1.165, 1.54) is 58.2 Å². The van der Waals surface area contributed by atoms with Gasteiger partial charge in [0.05, 0.1) is 13.2 Å². The average molecular weight is 354 g/mol. The van der Waals surface area contributed by atoms with Crippen LogP contribution >= 0.6 is 0 Å². The summed E-state index contributed by atoms with van der Waals surface area (Å²) in [5.74, 6) is 0. The maximum absolute atomic E-state index is 6.07. The van der Waals surface area contributed by atoms with Crippen LogP contribution in [0.4, 0.5) is 0 Å². The summed E-state index contributed by atoms with van der Waals surface area (Å²) in [6, 6.07) is 23.7. The van der Waals surface area contributed by atoms with Gasteiger partial charge < -0.3 is 4.74 Å². The van der Waals surface area contributed by atoms with E-state index in [4.69, 9.17) is 4.74 Å². The molecule has 4 rings (SSSR count). The molecular formula is C26H26O. The lowest BCUT2D eigenvalue weighted by Gasteiger charge is -2.18. The summed E-state index contributed by atoms with van der Waals surface area (Å²) in [5, 5.41) is 0. The number of rotatable bonds is 7. The van der Waals surface area contributed by atoms with Gasteiger partial charge in [0.2, 0.25) is 0 Å². The number of aryl methyl sites for hydroxylation is 1. The molecule has 0 amide bonds. The minimum Gasteiger partial charge on any atom is -0.372 e. The summed E-state index contributed by atoms with van der Waals surface area (Å²) < 4.78 is 6.07. The molecule has 0 saturated carbocycles. The van der Waals surface area contributed by atoms with Crippen molar-refractivity contribution in [2.75, 3.05) is 0 Å². The van der Waals surface area contributed by atoms with Gasteiger partial charge in [-0.1, -0.05) is 72.8 Å². The first-order valence-electron chi connectivity index (χ1n) is 9.81. The predicted molar refractivity (Wildman–Crippen MR) is 113 cm³/mol. The normalized spacial score (nSPS) is 12.7. The quantitative estimate of drug-likeness (QED) is 0.453. The van der Waals surface area contributed by atoms with Gasteiger partial charge in [-0.2, -0.15) is 0 Å². The first-order valence-corrected chi connectivity index (χ1v) is 9.81. The molecule has 1 heteroatoms. The average Bonchev–Trinajstić information content (AvgIpc) is 3.18. The van der Waals surface area contributed by atoms with E-state index in [1.807, 2.05) is 12.1 Å². The van der Waals surface area contributed by atoms with E-state index in [-0.39, 0.29) is 0 Å². The van der Waals surface area contributed by atoms with Crippen molar-refractivity contribution in [1.82, 2.24) is 0 Å². The van der Waals surface area contributed by atoms with Crippen molar-refractivity contribution in [2.45, 2.75) is 38.9 Å². The maximum atomic E-state index is 6.07. The highest BCUT2D eigenvalue weighted by molar-refractivity contribution is 5.76. The molecule has 0 saturated heterocycles. The van der Waals surface area contributed by atoms with E-state index in [0.29, 0.717) is 13.2 Å². The zero-order valence-electron chi connectivity index (χ0n) is 15.8.